The Balaban J connectivity index is 1.32. The number of fused-ring (bicyclic) bond motifs is 2. The normalized spacial score (nSPS) is 19.1. The molecule has 11 heteroatoms. The summed E-state index contributed by atoms with van der Waals surface area (Å²) in [6, 6.07) is 9.79. The maximum absolute atomic E-state index is 14.8. The largest absolute Gasteiger partial charge is 0.598 e. The number of rotatable bonds is 5. The number of ether oxygens (including phenoxy) is 1. The van der Waals surface area contributed by atoms with Crippen LogP contribution in [-0.2, 0) is 17.8 Å². The molecule has 0 amide bonds. The van der Waals surface area contributed by atoms with Crippen LogP contribution in [0.1, 0.15) is 56.6 Å². The van der Waals surface area contributed by atoms with E-state index in [2.05, 4.69) is 14.7 Å². The van der Waals surface area contributed by atoms with E-state index in [9.17, 15) is 13.3 Å². The third-order valence-corrected chi connectivity index (χ3v) is 9.94. The van der Waals surface area contributed by atoms with Crippen molar-refractivity contribution < 1.29 is 18.1 Å². The molecule has 8 nitrogen and oxygen atoms in total. The molecule has 1 saturated heterocycles. The van der Waals surface area contributed by atoms with Crippen molar-refractivity contribution in [3.05, 3.63) is 71.2 Å². The second-order valence-electron chi connectivity index (χ2n) is 11.9. The Morgan fingerprint density at radius 3 is 2.56 bits per heavy atom. The molecule has 216 valence electrons. The van der Waals surface area contributed by atoms with Gasteiger partial charge in [0.15, 0.2) is 17.5 Å². The molecular formula is C30H34F2N6O2S. The van der Waals surface area contributed by atoms with Crippen LogP contribution in [-0.4, -0.2) is 49.1 Å². The predicted octanol–water partition coefficient (Wildman–Crippen LogP) is 5.32. The lowest BCUT2D eigenvalue weighted by molar-refractivity contribution is 0.175. The Morgan fingerprint density at radius 2 is 1.85 bits per heavy atom. The summed E-state index contributed by atoms with van der Waals surface area (Å²) in [5.74, 6) is -0.494. The average molecular weight is 581 g/mol. The number of benzene rings is 1. The number of hydrogen-bond donors (Lipinski definition) is 1. The van der Waals surface area contributed by atoms with Gasteiger partial charge in [0.05, 0.1) is 36.4 Å². The topological polar surface area (TPSA) is 90.6 Å². The fourth-order valence-corrected chi connectivity index (χ4v) is 7.12. The lowest BCUT2D eigenvalue weighted by atomic mass is 9.73. The summed E-state index contributed by atoms with van der Waals surface area (Å²) < 4.78 is 52.3. The van der Waals surface area contributed by atoms with Gasteiger partial charge in [-0.05, 0) is 70.7 Å². The molecule has 4 heterocycles. The molecule has 4 aromatic rings. The zero-order valence-corrected chi connectivity index (χ0v) is 24.7. The first-order valence-corrected chi connectivity index (χ1v) is 14.9. The van der Waals surface area contributed by atoms with Gasteiger partial charge >= 0.3 is 0 Å². The maximum atomic E-state index is 14.8. The second kappa shape index (κ2) is 10.2. The highest BCUT2D eigenvalue weighted by molar-refractivity contribution is 7.90. The van der Waals surface area contributed by atoms with E-state index in [1.54, 1.807) is 30.8 Å². The molecule has 3 aromatic heterocycles. The zero-order chi connectivity index (χ0) is 29.1. The first-order chi connectivity index (χ1) is 19.5. The first-order valence-electron chi connectivity index (χ1n) is 13.8. The molecule has 6 rings (SSSR count). The standard InChI is InChI=1S/C30H34F2N6O2S/c1-18-26(20-7-6-8-21(31)25(20)32)38-23(11-14-33-38)28(34-18)37-15-12-30(13-16-37)17-22-19(9-10-24(35-22)40-5)27(30)36-41(39)29(2,3)4/h6-11,14,27,36H,12-13,15-17H2,1-5H3/t27-,41-/m1/s1. The minimum Gasteiger partial charge on any atom is -0.598 e. The summed E-state index contributed by atoms with van der Waals surface area (Å²) in [4.78, 5) is 11.9. The molecule has 0 saturated carbocycles. The van der Waals surface area contributed by atoms with Crippen LogP contribution in [0, 0.1) is 24.0 Å². The number of halogens is 2. The van der Waals surface area contributed by atoms with Gasteiger partial charge in [-0.1, -0.05) is 12.1 Å². The summed E-state index contributed by atoms with van der Waals surface area (Å²) in [5, 5.41) is 4.46. The SMILES string of the molecule is COc1ccc2c(n1)CC1(CCN(c3nc(C)c(-c4cccc(F)c4F)n4nccc34)CC1)[C@@H]2N[S@+]([O-])C(C)(C)C. The van der Waals surface area contributed by atoms with Gasteiger partial charge in [-0.25, -0.2) is 23.3 Å². The molecule has 2 aliphatic rings. The van der Waals surface area contributed by atoms with Gasteiger partial charge < -0.3 is 14.2 Å². The summed E-state index contributed by atoms with van der Waals surface area (Å²) in [5.41, 5.74) is 3.73. The van der Waals surface area contributed by atoms with Crippen LogP contribution in [0.2, 0.25) is 0 Å². The molecule has 41 heavy (non-hydrogen) atoms. The summed E-state index contributed by atoms with van der Waals surface area (Å²) in [6.45, 7) is 9.13. The second-order valence-corrected chi connectivity index (χ2v) is 13.9. The highest BCUT2D eigenvalue weighted by Gasteiger charge is 2.51. The number of aromatic nitrogens is 4. The monoisotopic (exact) mass is 580 g/mol. The Bertz CT molecular complexity index is 1610. The number of nitrogens with one attached hydrogen (secondary N) is 1. The van der Waals surface area contributed by atoms with E-state index in [0.29, 0.717) is 30.4 Å². The van der Waals surface area contributed by atoms with Crippen molar-refractivity contribution in [2.45, 2.75) is 57.7 Å². The van der Waals surface area contributed by atoms with E-state index in [1.807, 2.05) is 39.0 Å². The summed E-state index contributed by atoms with van der Waals surface area (Å²) in [7, 11) is 1.61. The number of methoxy groups -OCH3 is 1. The Kier molecular flexibility index (Phi) is 6.94. The molecule has 2 atom stereocenters. The lowest BCUT2D eigenvalue weighted by Gasteiger charge is -2.44. The van der Waals surface area contributed by atoms with Crippen molar-refractivity contribution in [1.29, 1.82) is 0 Å². The minimum atomic E-state index is -1.26. The van der Waals surface area contributed by atoms with Crippen LogP contribution >= 0.6 is 0 Å². The number of hydrogen-bond acceptors (Lipinski definition) is 7. The van der Waals surface area contributed by atoms with Crippen LogP contribution in [0.3, 0.4) is 0 Å². The molecule has 1 aromatic carbocycles. The molecule has 1 N–H and O–H groups in total. The predicted molar refractivity (Wildman–Crippen MR) is 155 cm³/mol. The van der Waals surface area contributed by atoms with Gasteiger partial charge in [0.1, 0.15) is 10.3 Å². The third-order valence-electron chi connectivity index (χ3n) is 8.38. The van der Waals surface area contributed by atoms with Crippen LogP contribution in [0.15, 0.2) is 42.6 Å². The van der Waals surface area contributed by atoms with Gasteiger partial charge in [-0.3, -0.25) is 0 Å². The van der Waals surface area contributed by atoms with Gasteiger partial charge in [0.2, 0.25) is 5.88 Å². The summed E-state index contributed by atoms with van der Waals surface area (Å²) in [6.07, 6.45) is 4.07. The number of nitrogens with zero attached hydrogens (tertiary/aromatic N) is 5. The lowest BCUT2D eigenvalue weighted by Crippen LogP contribution is -2.50. The van der Waals surface area contributed by atoms with Gasteiger partial charge in [0.25, 0.3) is 0 Å². The highest BCUT2D eigenvalue weighted by Crippen LogP contribution is 2.53. The quantitative estimate of drug-likeness (QED) is 0.320. The highest BCUT2D eigenvalue weighted by atomic mass is 32.2. The van der Waals surface area contributed by atoms with Gasteiger partial charge in [-0.15, -0.1) is 4.72 Å². The van der Waals surface area contributed by atoms with E-state index in [1.165, 1.54) is 6.07 Å². The fraction of sp³-hybridized carbons (Fsp3) is 0.433. The van der Waals surface area contributed by atoms with E-state index < -0.39 is 27.7 Å². The molecule has 0 bridgehead atoms. The number of anilines is 1. The van der Waals surface area contributed by atoms with Crippen LogP contribution in [0.4, 0.5) is 14.6 Å². The van der Waals surface area contributed by atoms with Crippen molar-refractivity contribution >= 4 is 22.7 Å². The van der Waals surface area contributed by atoms with E-state index in [4.69, 9.17) is 14.7 Å². The van der Waals surface area contributed by atoms with E-state index >= 15 is 0 Å². The molecular weight excluding hydrogens is 546 g/mol. The van der Waals surface area contributed by atoms with Crippen molar-refractivity contribution in [3.8, 4) is 17.1 Å². The fourth-order valence-electron chi connectivity index (χ4n) is 6.18. The first kappa shape index (κ1) is 27.9. The van der Waals surface area contributed by atoms with Crippen molar-refractivity contribution in [3.63, 3.8) is 0 Å². The van der Waals surface area contributed by atoms with Crippen molar-refractivity contribution in [1.82, 2.24) is 24.3 Å². The Morgan fingerprint density at radius 1 is 1.10 bits per heavy atom. The smallest absolute Gasteiger partial charge is 0.213 e. The molecule has 1 aliphatic heterocycles. The number of pyridine rings is 1. The van der Waals surface area contributed by atoms with E-state index in [-0.39, 0.29) is 17.0 Å². The van der Waals surface area contributed by atoms with Gasteiger partial charge in [0, 0.05) is 41.5 Å². The summed E-state index contributed by atoms with van der Waals surface area (Å²) >= 11 is -1.26. The van der Waals surface area contributed by atoms with Crippen molar-refractivity contribution in [2.75, 3.05) is 25.1 Å². The third kappa shape index (κ3) is 4.73. The van der Waals surface area contributed by atoms with Crippen LogP contribution in [0.25, 0.3) is 16.8 Å². The minimum absolute atomic E-state index is 0.110. The molecule has 0 radical (unpaired) electrons. The number of aryl methyl sites for hydroxylation is 1. The maximum Gasteiger partial charge on any atom is 0.213 e. The van der Waals surface area contributed by atoms with Crippen molar-refractivity contribution in [2.24, 2.45) is 5.41 Å². The molecule has 1 aliphatic carbocycles. The Hall–Kier alpha value is -3.28. The van der Waals surface area contributed by atoms with Gasteiger partial charge in [-0.2, -0.15) is 5.10 Å². The molecule has 1 fully saturated rings. The van der Waals surface area contributed by atoms with Crippen LogP contribution < -0.4 is 14.4 Å². The average Bonchev–Trinajstić information content (AvgIpc) is 3.53. The number of piperidine rings is 1. The van der Waals surface area contributed by atoms with Crippen LogP contribution in [0.5, 0.6) is 5.88 Å². The molecule has 1 spiro atoms. The van der Waals surface area contributed by atoms with E-state index in [0.717, 1.165) is 47.9 Å². The zero-order valence-electron chi connectivity index (χ0n) is 23.9. The Labute approximate surface area is 241 Å². The molecule has 0 unspecified atom stereocenters.